The highest BCUT2D eigenvalue weighted by atomic mass is 31.2. The molecule has 0 aliphatic heterocycles. The predicted octanol–water partition coefficient (Wildman–Crippen LogP) is 3.13. The number of unbranched alkanes of at least 4 members (excludes halogenated alkanes) is 8. The zero-order chi connectivity index (χ0) is 29.0. The number of ether oxygens (including phenoxy) is 2. The first-order valence-corrected chi connectivity index (χ1v) is 13.8. The predicted molar refractivity (Wildman–Crippen MR) is 146 cm³/mol. The van der Waals surface area contributed by atoms with Crippen LogP contribution in [0.25, 0.3) is 0 Å². The van der Waals surface area contributed by atoms with Gasteiger partial charge in [-0.2, -0.15) is 0 Å². The van der Waals surface area contributed by atoms with Crippen LogP contribution in [0.1, 0.15) is 71.1 Å². The molecule has 0 spiro atoms. The first-order chi connectivity index (χ1) is 18.8. The summed E-state index contributed by atoms with van der Waals surface area (Å²) in [6.07, 6.45) is 13.5. The first kappa shape index (κ1) is 35.0. The normalized spacial score (nSPS) is 9.69. The smallest absolute Gasteiger partial charge is 0.456 e. The Morgan fingerprint density at radius 3 is 1.74 bits per heavy atom. The number of rotatable bonds is 16. The van der Waals surface area contributed by atoms with Crippen molar-refractivity contribution >= 4 is 19.8 Å². The molecule has 0 saturated carbocycles. The second-order valence-electron chi connectivity index (χ2n) is 7.72. The third-order valence-corrected chi connectivity index (χ3v) is 4.96. The van der Waals surface area contributed by atoms with E-state index in [1.807, 2.05) is 0 Å². The summed E-state index contributed by atoms with van der Waals surface area (Å²) in [5, 5.41) is 0. The van der Waals surface area contributed by atoms with Crippen LogP contribution in [0.4, 0.5) is 0 Å². The summed E-state index contributed by atoms with van der Waals surface area (Å²) in [5.74, 6) is 28.6. The maximum Gasteiger partial charge on any atom is 0.469 e. The standard InChI is InChI=1S/C30H31O8P/c1-3-5-7-9-11-13-14-15-17-18-20-22-24-29(31)36-26-28(27-37-39(33,34)35)38-30(32)25-23-21-19-16-12-10-8-6-4-2/h1,28H,4,6,8,10,12,16,19,21,23,25-27H2,2H3,(H2,33,34,35)/t28-/m0/s1. The summed E-state index contributed by atoms with van der Waals surface area (Å²) in [6, 6.07) is 0. The van der Waals surface area contributed by atoms with E-state index in [2.05, 4.69) is 88.4 Å². The maximum atomic E-state index is 12.1. The van der Waals surface area contributed by atoms with Gasteiger partial charge < -0.3 is 19.3 Å². The number of hydrogen-bond acceptors (Lipinski definition) is 6. The molecular formula is C30H31O8P. The summed E-state index contributed by atoms with van der Waals surface area (Å²) >= 11 is 0. The van der Waals surface area contributed by atoms with Gasteiger partial charge in [-0.05, 0) is 77.5 Å². The third kappa shape index (κ3) is 26.8. The van der Waals surface area contributed by atoms with Crippen LogP contribution in [0.3, 0.4) is 0 Å². The van der Waals surface area contributed by atoms with Crippen molar-refractivity contribution in [3.8, 4) is 83.4 Å². The van der Waals surface area contributed by atoms with Gasteiger partial charge in [-0.3, -0.25) is 9.32 Å². The Kier molecular flexibility index (Phi) is 21.8. The monoisotopic (exact) mass is 550 g/mol. The molecule has 0 aliphatic carbocycles. The lowest BCUT2D eigenvalue weighted by molar-refractivity contribution is -0.158. The minimum atomic E-state index is -4.82. The van der Waals surface area contributed by atoms with E-state index in [0.717, 1.165) is 19.3 Å². The van der Waals surface area contributed by atoms with Crippen molar-refractivity contribution < 1.29 is 37.9 Å². The van der Waals surface area contributed by atoms with Crippen molar-refractivity contribution in [1.29, 1.82) is 0 Å². The fourth-order valence-electron chi connectivity index (χ4n) is 2.73. The lowest BCUT2D eigenvalue weighted by Gasteiger charge is -2.17. The molecule has 0 amide bonds. The van der Waals surface area contributed by atoms with Gasteiger partial charge in [0.15, 0.2) is 6.10 Å². The fourth-order valence-corrected chi connectivity index (χ4v) is 3.09. The highest BCUT2D eigenvalue weighted by Crippen LogP contribution is 2.35. The molecule has 0 saturated heterocycles. The molecule has 9 heteroatoms. The number of carbonyl (C=O) groups is 2. The number of terminal acetylenes is 1. The second kappa shape index (κ2) is 24.3. The van der Waals surface area contributed by atoms with Crippen molar-refractivity contribution in [2.45, 2.75) is 77.2 Å². The summed E-state index contributed by atoms with van der Waals surface area (Å²) in [7, 11) is -4.82. The van der Waals surface area contributed by atoms with Crippen molar-refractivity contribution in [3.05, 3.63) is 0 Å². The van der Waals surface area contributed by atoms with E-state index in [-0.39, 0.29) is 6.42 Å². The van der Waals surface area contributed by atoms with Crippen molar-refractivity contribution in [2.75, 3.05) is 13.2 Å². The van der Waals surface area contributed by atoms with Crippen LogP contribution in [0.5, 0.6) is 0 Å². The lowest BCUT2D eigenvalue weighted by Crippen LogP contribution is -2.29. The fraction of sp³-hybridized carbons (Fsp3) is 0.467. The van der Waals surface area contributed by atoms with Gasteiger partial charge in [-0.15, -0.1) is 6.42 Å². The van der Waals surface area contributed by atoms with Gasteiger partial charge in [0, 0.05) is 12.3 Å². The average molecular weight is 551 g/mol. The van der Waals surface area contributed by atoms with Gasteiger partial charge in [0.05, 0.1) is 6.61 Å². The molecule has 0 heterocycles. The van der Waals surface area contributed by atoms with Crippen molar-refractivity contribution in [2.24, 2.45) is 0 Å². The van der Waals surface area contributed by atoms with Crippen LogP contribution in [0, 0.1) is 83.4 Å². The highest BCUT2D eigenvalue weighted by molar-refractivity contribution is 7.46. The number of hydrogen-bond donors (Lipinski definition) is 2. The summed E-state index contributed by atoms with van der Waals surface area (Å²) < 4.78 is 25.4. The van der Waals surface area contributed by atoms with Gasteiger partial charge in [0.2, 0.25) is 0 Å². The quantitative estimate of drug-likeness (QED) is 0.0990. The van der Waals surface area contributed by atoms with E-state index in [9.17, 15) is 14.2 Å². The minimum absolute atomic E-state index is 0.128. The molecule has 2 N–H and O–H groups in total. The molecule has 0 rings (SSSR count). The molecule has 1 atom stereocenters. The summed E-state index contributed by atoms with van der Waals surface area (Å²) in [5.41, 5.74) is 0. The van der Waals surface area contributed by atoms with Crippen LogP contribution < -0.4 is 0 Å². The van der Waals surface area contributed by atoms with Crippen LogP contribution >= 0.6 is 7.82 Å². The molecule has 39 heavy (non-hydrogen) atoms. The van der Waals surface area contributed by atoms with E-state index >= 15 is 0 Å². The zero-order valence-corrected chi connectivity index (χ0v) is 22.8. The van der Waals surface area contributed by atoms with Gasteiger partial charge in [-0.1, -0.05) is 58.3 Å². The van der Waals surface area contributed by atoms with Crippen molar-refractivity contribution in [3.63, 3.8) is 0 Å². The lowest BCUT2D eigenvalue weighted by atomic mass is 10.1. The average Bonchev–Trinajstić information content (AvgIpc) is 2.89. The van der Waals surface area contributed by atoms with Crippen LogP contribution in [-0.4, -0.2) is 41.0 Å². The summed E-state index contributed by atoms with van der Waals surface area (Å²) in [4.78, 5) is 41.7. The van der Waals surface area contributed by atoms with E-state index in [4.69, 9.17) is 25.7 Å². The Hall–Kier alpha value is -4.03. The summed E-state index contributed by atoms with van der Waals surface area (Å²) in [6.45, 7) is 1.01. The molecule has 0 fully saturated rings. The Morgan fingerprint density at radius 2 is 1.23 bits per heavy atom. The van der Waals surface area contributed by atoms with Crippen LogP contribution in [0.15, 0.2) is 0 Å². The molecule has 0 aromatic heterocycles. The second-order valence-corrected chi connectivity index (χ2v) is 8.96. The molecule has 0 unspecified atom stereocenters. The molecule has 0 aromatic carbocycles. The SMILES string of the molecule is C#CC#CC#CC#CC#CC#CC#CC(=O)OC[C@@H](COP(=O)(O)O)OC(=O)CCCCCCCCCCC. The zero-order valence-electron chi connectivity index (χ0n) is 21.9. The maximum absolute atomic E-state index is 12.1. The molecule has 8 nitrogen and oxygen atoms in total. The van der Waals surface area contributed by atoms with E-state index < -0.39 is 39.1 Å². The van der Waals surface area contributed by atoms with E-state index in [1.54, 1.807) is 0 Å². The Labute approximate surface area is 231 Å². The Morgan fingerprint density at radius 1 is 0.744 bits per heavy atom. The minimum Gasteiger partial charge on any atom is -0.456 e. The molecule has 0 aliphatic rings. The Balaban J connectivity index is 4.57. The number of phosphoric ester groups is 1. The van der Waals surface area contributed by atoms with Crippen LogP contribution in [0.2, 0.25) is 0 Å². The van der Waals surface area contributed by atoms with Crippen LogP contribution in [-0.2, 0) is 28.2 Å². The highest BCUT2D eigenvalue weighted by Gasteiger charge is 2.22. The van der Waals surface area contributed by atoms with E-state index in [0.29, 0.717) is 6.42 Å². The van der Waals surface area contributed by atoms with Gasteiger partial charge in [0.1, 0.15) is 6.61 Å². The van der Waals surface area contributed by atoms with Gasteiger partial charge in [-0.25, -0.2) is 9.36 Å². The molecule has 0 bridgehead atoms. The molecule has 0 radical (unpaired) electrons. The number of carbonyl (C=O) groups excluding carboxylic acids is 2. The first-order valence-electron chi connectivity index (χ1n) is 12.3. The number of phosphoric acid groups is 1. The Bertz CT molecular complexity index is 1250. The van der Waals surface area contributed by atoms with Gasteiger partial charge >= 0.3 is 19.8 Å². The van der Waals surface area contributed by atoms with E-state index in [1.165, 1.54) is 32.1 Å². The topological polar surface area (TPSA) is 119 Å². The number of esters is 2. The largest absolute Gasteiger partial charge is 0.469 e. The molecule has 0 aromatic rings. The molecular weight excluding hydrogens is 519 g/mol. The third-order valence-electron chi connectivity index (χ3n) is 4.47. The van der Waals surface area contributed by atoms with Gasteiger partial charge in [0.25, 0.3) is 0 Å². The molecule has 204 valence electrons. The van der Waals surface area contributed by atoms with Crippen molar-refractivity contribution in [1.82, 2.24) is 0 Å².